The first-order valence-electron chi connectivity index (χ1n) is 14.2. The van der Waals surface area contributed by atoms with Crippen molar-refractivity contribution in [2.75, 3.05) is 19.0 Å². The number of ether oxygens (including phenoxy) is 4. The quantitative estimate of drug-likeness (QED) is 0.158. The lowest BCUT2D eigenvalue weighted by Gasteiger charge is -2.13. The van der Waals surface area contributed by atoms with Crippen molar-refractivity contribution in [3.05, 3.63) is 114 Å². The summed E-state index contributed by atoms with van der Waals surface area (Å²) in [6.07, 6.45) is -0.00114. The number of carbonyl (C=O) groups excluding carboxylic acids is 2. The van der Waals surface area contributed by atoms with E-state index in [2.05, 4.69) is 10.4 Å². The summed E-state index contributed by atoms with van der Waals surface area (Å²) in [5, 5.41) is 7.55. The van der Waals surface area contributed by atoms with Crippen molar-refractivity contribution in [3.8, 4) is 39.9 Å². The molecule has 0 saturated heterocycles. The van der Waals surface area contributed by atoms with E-state index in [0.717, 1.165) is 0 Å². The van der Waals surface area contributed by atoms with Crippen molar-refractivity contribution in [1.82, 2.24) is 9.78 Å². The number of esters is 1. The van der Waals surface area contributed by atoms with E-state index in [1.165, 1.54) is 7.11 Å². The van der Waals surface area contributed by atoms with Gasteiger partial charge in [-0.1, -0.05) is 18.2 Å². The number of nitrogens with one attached hydrogen (secondary N) is 1. The van der Waals surface area contributed by atoms with Crippen LogP contribution in [0.4, 0.5) is 5.69 Å². The van der Waals surface area contributed by atoms with E-state index in [9.17, 15) is 9.59 Å². The molecule has 0 atom stereocenters. The van der Waals surface area contributed by atoms with E-state index in [-0.39, 0.29) is 17.5 Å². The summed E-state index contributed by atoms with van der Waals surface area (Å²) in [4.78, 5) is 26.5. The number of para-hydroxylation sites is 1. The molecule has 1 heterocycles. The second-order valence-electron chi connectivity index (χ2n) is 9.99. The van der Waals surface area contributed by atoms with Crippen LogP contribution in [-0.4, -0.2) is 41.5 Å². The Bertz CT molecular complexity index is 1710. The van der Waals surface area contributed by atoms with Gasteiger partial charge in [-0.25, -0.2) is 9.48 Å². The second kappa shape index (κ2) is 13.6. The Kier molecular flexibility index (Phi) is 9.25. The molecule has 0 aliphatic heterocycles. The molecule has 0 fully saturated rings. The first-order valence-corrected chi connectivity index (χ1v) is 14.2. The first-order chi connectivity index (χ1) is 21.4. The Morgan fingerprint density at radius 1 is 0.795 bits per heavy atom. The van der Waals surface area contributed by atoms with E-state index < -0.39 is 11.9 Å². The van der Waals surface area contributed by atoms with Crippen LogP contribution < -0.4 is 19.5 Å². The number of methoxy groups -OCH3 is 1. The molecular weight excluding hydrogens is 558 g/mol. The fourth-order valence-electron chi connectivity index (χ4n) is 4.53. The molecule has 5 aromatic rings. The van der Waals surface area contributed by atoms with Crippen LogP contribution in [0.25, 0.3) is 16.9 Å². The van der Waals surface area contributed by atoms with Gasteiger partial charge in [0.25, 0.3) is 5.91 Å². The molecule has 5 rings (SSSR count). The van der Waals surface area contributed by atoms with Crippen LogP contribution in [-0.2, 0) is 4.74 Å². The Morgan fingerprint density at radius 2 is 1.41 bits per heavy atom. The number of nitrogens with zero attached hydrogens (tertiary/aromatic N) is 2. The zero-order valence-corrected chi connectivity index (χ0v) is 24.9. The van der Waals surface area contributed by atoms with Gasteiger partial charge in [-0.15, -0.1) is 0 Å². The highest BCUT2D eigenvalue weighted by atomic mass is 16.5. The van der Waals surface area contributed by atoms with Crippen molar-refractivity contribution in [2.45, 2.75) is 26.9 Å². The molecule has 0 radical (unpaired) electrons. The van der Waals surface area contributed by atoms with Crippen LogP contribution in [0.5, 0.6) is 23.0 Å². The van der Waals surface area contributed by atoms with Gasteiger partial charge in [0.15, 0.2) is 5.69 Å². The van der Waals surface area contributed by atoms with Crippen LogP contribution >= 0.6 is 0 Å². The minimum atomic E-state index is -0.698. The Hall–Kier alpha value is -5.57. The molecule has 0 spiro atoms. The zero-order valence-electron chi connectivity index (χ0n) is 24.9. The van der Waals surface area contributed by atoms with E-state index in [0.29, 0.717) is 52.1 Å². The van der Waals surface area contributed by atoms with Crippen molar-refractivity contribution in [1.29, 1.82) is 0 Å². The minimum absolute atomic E-state index is 0.00114. The van der Waals surface area contributed by atoms with Gasteiger partial charge in [-0.2, -0.15) is 5.10 Å². The van der Waals surface area contributed by atoms with E-state index in [1.54, 1.807) is 28.9 Å². The minimum Gasteiger partial charge on any atom is -0.494 e. The molecule has 0 unspecified atom stereocenters. The molecule has 9 heteroatoms. The van der Waals surface area contributed by atoms with E-state index in [4.69, 9.17) is 18.9 Å². The average Bonchev–Trinajstić information content (AvgIpc) is 3.41. The summed E-state index contributed by atoms with van der Waals surface area (Å²) in [6, 6.07) is 30.8. The topological polar surface area (TPSA) is 101 Å². The highest BCUT2D eigenvalue weighted by Gasteiger charge is 2.27. The number of aromatic nitrogens is 2. The molecular formula is C35H33N3O6. The molecule has 1 N–H and O–H groups in total. The molecule has 1 aromatic heterocycles. The Balaban J connectivity index is 1.57. The van der Waals surface area contributed by atoms with Gasteiger partial charge in [0, 0.05) is 11.1 Å². The fourth-order valence-corrected chi connectivity index (χ4v) is 4.53. The van der Waals surface area contributed by atoms with Crippen molar-refractivity contribution >= 4 is 17.6 Å². The normalized spacial score (nSPS) is 10.8. The third kappa shape index (κ3) is 6.90. The molecule has 1 amide bonds. The summed E-state index contributed by atoms with van der Waals surface area (Å²) in [7, 11) is 1.27. The van der Waals surface area contributed by atoms with E-state index in [1.807, 2.05) is 99.6 Å². The molecule has 0 aliphatic rings. The predicted molar refractivity (Wildman–Crippen MR) is 168 cm³/mol. The summed E-state index contributed by atoms with van der Waals surface area (Å²) >= 11 is 0. The summed E-state index contributed by atoms with van der Waals surface area (Å²) in [5.41, 5.74) is 2.35. The summed E-state index contributed by atoms with van der Waals surface area (Å²) in [6.45, 7) is 6.28. The summed E-state index contributed by atoms with van der Waals surface area (Å²) in [5.74, 6) is 1.54. The Labute approximate surface area is 256 Å². The smallest absolute Gasteiger partial charge is 0.360 e. The predicted octanol–water partition coefficient (Wildman–Crippen LogP) is 7.56. The van der Waals surface area contributed by atoms with Crippen LogP contribution in [0.3, 0.4) is 0 Å². The van der Waals surface area contributed by atoms with Crippen molar-refractivity contribution < 1.29 is 28.5 Å². The molecule has 9 nitrogen and oxygen atoms in total. The molecule has 0 aliphatic carbocycles. The van der Waals surface area contributed by atoms with Gasteiger partial charge in [0.1, 0.15) is 28.7 Å². The largest absolute Gasteiger partial charge is 0.494 e. The van der Waals surface area contributed by atoms with Crippen LogP contribution in [0.1, 0.15) is 41.6 Å². The zero-order chi connectivity index (χ0) is 31.1. The third-order valence-corrected chi connectivity index (χ3v) is 6.49. The van der Waals surface area contributed by atoms with Gasteiger partial charge >= 0.3 is 5.97 Å². The SMILES string of the molecule is CCOc1ccc(-c2c(NC(=O)c3ccc(OC(C)C)cc3)c(C(=O)OC)nn2-c2ccc(Oc3ccccc3)cc2)cc1. The molecule has 224 valence electrons. The number of amides is 1. The van der Waals surface area contributed by atoms with Gasteiger partial charge in [-0.3, -0.25) is 4.79 Å². The van der Waals surface area contributed by atoms with Crippen LogP contribution in [0.15, 0.2) is 103 Å². The number of benzene rings is 4. The molecule has 0 saturated carbocycles. The number of anilines is 1. The highest BCUT2D eigenvalue weighted by Crippen LogP contribution is 2.36. The maximum Gasteiger partial charge on any atom is 0.360 e. The molecule has 4 aromatic carbocycles. The number of hydrogen-bond acceptors (Lipinski definition) is 7. The maximum atomic E-state index is 13.5. The fraction of sp³-hybridized carbons (Fsp3) is 0.171. The maximum absolute atomic E-state index is 13.5. The number of carbonyl (C=O) groups is 2. The molecule has 0 bridgehead atoms. The average molecular weight is 592 g/mol. The Morgan fingerprint density at radius 3 is 2.02 bits per heavy atom. The second-order valence-corrected chi connectivity index (χ2v) is 9.99. The lowest BCUT2D eigenvalue weighted by molar-refractivity contribution is 0.0594. The first kappa shape index (κ1) is 29.9. The van der Waals surface area contributed by atoms with Gasteiger partial charge in [0.05, 0.1) is 31.2 Å². The number of rotatable bonds is 11. The van der Waals surface area contributed by atoms with E-state index >= 15 is 0 Å². The van der Waals surface area contributed by atoms with Crippen molar-refractivity contribution in [2.24, 2.45) is 0 Å². The van der Waals surface area contributed by atoms with Gasteiger partial charge < -0.3 is 24.3 Å². The van der Waals surface area contributed by atoms with Gasteiger partial charge in [0.2, 0.25) is 0 Å². The van der Waals surface area contributed by atoms with Gasteiger partial charge in [-0.05, 0) is 106 Å². The third-order valence-electron chi connectivity index (χ3n) is 6.49. The lowest BCUT2D eigenvalue weighted by atomic mass is 10.1. The lowest BCUT2D eigenvalue weighted by Crippen LogP contribution is -2.15. The monoisotopic (exact) mass is 591 g/mol. The van der Waals surface area contributed by atoms with Crippen LogP contribution in [0, 0.1) is 0 Å². The molecule has 44 heavy (non-hydrogen) atoms. The highest BCUT2D eigenvalue weighted by molar-refractivity contribution is 6.10. The standard InChI is InChI=1S/C35H33N3O6/c1-5-42-27-17-11-24(12-18-27)33-31(36-34(39)25-13-19-29(20-14-25)43-23(2)3)32(35(40)41-4)37-38(33)26-15-21-30(22-16-26)44-28-9-7-6-8-10-28/h6-23H,5H2,1-4H3,(H,36,39). The van der Waals surface area contributed by atoms with Crippen LogP contribution in [0.2, 0.25) is 0 Å². The van der Waals surface area contributed by atoms with Crippen molar-refractivity contribution in [3.63, 3.8) is 0 Å². The summed E-state index contributed by atoms with van der Waals surface area (Å²) < 4.78 is 24.0. The number of hydrogen-bond donors (Lipinski definition) is 1.